The van der Waals surface area contributed by atoms with Gasteiger partial charge in [-0.1, -0.05) is 37.2 Å². The number of allylic oxidation sites excluding steroid dienone is 2. The number of hydrogen-bond acceptors (Lipinski definition) is 5. The highest BCUT2D eigenvalue weighted by Gasteiger charge is 2.28. The van der Waals surface area contributed by atoms with E-state index in [0.29, 0.717) is 36.5 Å². The number of nitrogens with zero attached hydrogens (tertiary/aromatic N) is 1. The Labute approximate surface area is 148 Å². The zero-order valence-corrected chi connectivity index (χ0v) is 15.4. The monoisotopic (exact) mass is 359 g/mol. The van der Waals surface area contributed by atoms with Crippen molar-refractivity contribution >= 4 is 35.4 Å². The predicted octanol–water partition coefficient (Wildman–Crippen LogP) is 4.84. The summed E-state index contributed by atoms with van der Waals surface area (Å²) in [7, 11) is 0. The maximum absolute atomic E-state index is 12.2. The Morgan fingerprint density at radius 3 is 2.91 bits per heavy atom. The first-order valence-electron chi connectivity index (χ1n) is 7.97. The van der Waals surface area contributed by atoms with Gasteiger partial charge in [-0.2, -0.15) is 11.8 Å². The molecule has 0 amide bonds. The summed E-state index contributed by atoms with van der Waals surface area (Å²) in [5.74, 6) is 1.63. The van der Waals surface area contributed by atoms with E-state index in [1.54, 1.807) is 6.21 Å². The van der Waals surface area contributed by atoms with Crippen LogP contribution >= 0.6 is 23.4 Å². The molecule has 3 atom stereocenters. The van der Waals surface area contributed by atoms with Gasteiger partial charge in [-0.15, -0.1) is 0 Å². The normalized spacial score (nSPS) is 21.5. The van der Waals surface area contributed by atoms with Crippen molar-refractivity contribution in [2.75, 3.05) is 5.75 Å². The third-order valence-electron chi connectivity index (χ3n) is 3.70. The predicted molar refractivity (Wildman–Crippen MR) is 98.2 cm³/mol. The van der Waals surface area contributed by atoms with E-state index in [4.69, 9.17) is 16.4 Å². The van der Waals surface area contributed by atoms with Crippen LogP contribution in [-0.4, -0.2) is 33.7 Å². The van der Waals surface area contributed by atoms with E-state index < -0.39 is 5.56 Å². The SMILES string of the molecule is C=CC(Cl)O/N=C/CCC1=C(O)CC(CC(C)SCC)CC1=O. The summed E-state index contributed by atoms with van der Waals surface area (Å²) in [5.41, 5.74) is -0.117. The quantitative estimate of drug-likeness (QED) is 0.262. The van der Waals surface area contributed by atoms with E-state index in [9.17, 15) is 9.90 Å². The third kappa shape index (κ3) is 7.44. The van der Waals surface area contributed by atoms with E-state index >= 15 is 0 Å². The molecular formula is C17H26ClNO3S. The van der Waals surface area contributed by atoms with Crippen molar-refractivity contribution in [3.8, 4) is 0 Å². The summed E-state index contributed by atoms with van der Waals surface area (Å²) >= 11 is 7.55. The van der Waals surface area contributed by atoms with Gasteiger partial charge in [-0.25, -0.2) is 0 Å². The minimum atomic E-state index is -0.654. The van der Waals surface area contributed by atoms with Crippen LogP contribution < -0.4 is 0 Å². The van der Waals surface area contributed by atoms with Gasteiger partial charge in [0.15, 0.2) is 5.78 Å². The lowest BCUT2D eigenvalue weighted by Gasteiger charge is -2.25. The minimum absolute atomic E-state index is 0.0584. The summed E-state index contributed by atoms with van der Waals surface area (Å²) in [6.07, 6.45) is 6.08. The van der Waals surface area contributed by atoms with Crippen LogP contribution in [0.2, 0.25) is 0 Å². The van der Waals surface area contributed by atoms with Crippen molar-refractivity contribution in [1.82, 2.24) is 0 Å². The van der Waals surface area contributed by atoms with Gasteiger partial charge in [-0.3, -0.25) is 4.79 Å². The molecule has 0 spiro atoms. The third-order valence-corrected chi connectivity index (χ3v) is 5.05. The number of rotatable bonds is 10. The largest absolute Gasteiger partial charge is 0.512 e. The highest BCUT2D eigenvalue weighted by Crippen LogP contribution is 2.32. The minimum Gasteiger partial charge on any atom is -0.512 e. The van der Waals surface area contributed by atoms with E-state index in [-0.39, 0.29) is 17.5 Å². The first kappa shape index (κ1) is 20.1. The molecule has 130 valence electrons. The zero-order chi connectivity index (χ0) is 17.2. The van der Waals surface area contributed by atoms with Gasteiger partial charge < -0.3 is 9.94 Å². The number of alkyl halides is 1. The summed E-state index contributed by atoms with van der Waals surface area (Å²) in [6.45, 7) is 7.79. The van der Waals surface area contributed by atoms with Crippen molar-refractivity contribution in [3.63, 3.8) is 0 Å². The fraction of sp³-hybridized carbons (Fsp3) is 0.647. The van der Waals surface area contributed by atoms with Gasteiger partial charge in [0.05, 0.1) is 5.76 Å². The van der Waals surface area contributed by atoms with Crippen LogP contribution in [-0.2, 0) is 9.63 Å². The molecule has 1 rings (SSSR count). The standard InChI is InChI=1S/C17H26ClNO3S/c1-4-17(18)22-19-8-6-7-14-15(20)10-13(11-16(14)21)9-12(3)23-5-2/h4,8,12-13,17,20H,1,5-7,9-11H2,2-3H3/b19-8+. The average molecular weight is 360 g/mol. The van der Waals surface area contributed by atoms with Crippen molar-refractivity contribution in [1.29, 1.82) is 0 Å². The van der Waals surface area contributed by atoms with Crippen LogP contribution in [0, 0.1) is 5.92 Å². The molecule has 0 fully saturated rings. The molecule has 0 heterocycles. The molecule has 23 heavy (non-hydrogen) atoms. The van der Waals surface area contributed by atoms with Gasteiger partial charge >= 0.3 is 0 Å². The molecule has 0 radical (unpaired) electrons. The Morgan fingerprint density at radius 2 is 2.30 bits per heavy atom. The van der Waals surface area contributed by atoms with Gasteiger partial charge in [0, 0.05) is 29.9 Å². The van der Waals surface area contributed by atoms with Crippen LogP contribution in [0.25, 0.3) is 0 Å². The van der Waals surface area contributed by atoms with E-state index in [1.807, 2.05) is 11.8 Å². The number of ketones is 1. The summed E-state index contributed by atoms with van der Waals surface area (Å²) < 4.78 is 0. The fourth-order valence-corrected chi connectivity index (χ4v) is 3.72. The Morgan fingerprint density at radius 1 is 1.57 bits per heavy atom. The lowest BCUT2D eigenvalue weighted by Crippen LogP contribution is -2.22. The number of Topliss-reactive ketones (excluding diaryl/α,β-unsaturated/α-hetero) is 1. The highest BCUT2D eigenvalue weighted by atomic mass is 35.5. The number of carbonyl (C=O) groups is 1. The Hall–Kier alpha value is -0.940. The van der Waals surface area contributed by atoms with Crippen LogP contribution in [0.4, 0.5) is 0 Å². The highest BCUT2D eigenvalue weighted by molar-refractivity contribution is 7.99. The van der Waals surface area contributed by atoms with Crippen molar-refractivity contribution in [2.45, 2.75) is 56.8 Å². The van der Waals surface area contributed by atoms with E-state index in [0.717, 1.165) is 12.2 Å². The molecule has 0 aliphatic heterocycles. The molecule has 0 bridgehead atoms. The number of hydrogen-bond donors (Lipinski definition) is 1. The maximum atomic E-state index is 12.2. The molecule has 6 heteroatoms. The van der Waals surface area contributed by atoms with Crippen LogP contribution in [0.15, 0.2) is 29.1 Å². The molecule has 1 aliphatic rings. The number of oxime groups is 1. The Balaban J connectivity index is 2.47. The fourth-order valence-electron chi connectivity index (χ4n) is 2.69. The van der Waals surface area contributed by atoms with Crippen molar-refractivity contribution < 1.29 is 14.7 Å². The topological polar surface area (TPSA) is 58.9 Å². The summed E-state index contributed by atoms with van der Waals surface area (Å²) in [6, 6.07) is 0. The van der Waals surface area contributed by atoms with Gasteiger partial charge in [0.2, 0.25) is 5.56 Å². The van der Waals surface area contributed by atoms with Crippen LogP contribution in [0.1, 0.15) is 46.0 Å². The summed E-state index contributed by atoms with van der Waals surface area (Å²) in [4.78, 5) is 17.1. The van der Waals surface area contributed by atoms with Crippen molar-refractivity contribution in [3.05, 3.63) is 24.0 Å². The lowest BCUT2D eigenvalue weighted by molar-refractivity contribution is -0.117. The molecule has 0 aromatic carbocycles. The van der Waals surface area contributed by atoms with Crippen LogP contribution in [0.3, 0.4) is 0 Å². The molecule has 0 saturated carbocycles. The number of thioether (sulfide) groups is 1. The second-order valence-corrected chi connectivity index (χ2v) is 7.79. The molecule has 0 saturated heterocycles. The molecule has 3 unspecified atom stereocenters. The second-order valence-electron chi connectivity index (χ2n) is 5.64. The Kier molecular flexibility index (Phi) is 9.41. The molecule has 1 aliphatic carbocycles. The first-order chi connectivity index (χ1) is 11.0. The van der Waals surface area contributed by atoms with E-state index in [1.165, 1.54) is 6.08 Å². The molecule has 0 aromatic heterocycles. The first-order valence-corrected chi connectivity index (χ1v) is 9.46. The number of halogens is 1. The molecule has 0 aromatic rings. The number of aliphatic hydroxyl groups is 1. The smallest absolute Gasteiger partial charge is 0.218 e. The molecule has 1 N–H and O–H groups in total. The number of aliphatic hydroxyl groups excluding tert-OH is 1. The molecular weight excluding hydrogens is 334 g/mol. The average Bonchev–Trinajstić information content (AvgIpc) is 2.49. The second kappa shape index (κ2) is 10.8. The number of carbonyl (C=O) groups excluding carboxylic acids is 1. The zero-order valence-electron chi connectivity index (χ0n) is 13.8. The van der Waals surface area contributed by atoms with Crippen LogP contribution in [0.5, 0.6) is 0 Å². The van der Waals surface area contributed by atoms with Gasteiger partial charge in [0.1, 0.15) is 0 Å². The summed E-state index contributed by atoms with van der Waals surface area (Å²) in [5, 5.41) is 14.4. The lowest BCUT2D eigenvalue weighted by atomic mass is 9.83. The maximum Gasteiger partial charge on any atom is 0.218 e. The van der Waals surface area contributed by atoms with Gasteiger partial charge in [0.25, 0.3) is 0 Å². The Bertz CT molecular complexity index is 465. The van der Waals surface area contributed by atoms with Crippen molar-refractivity contribution in [2.24, 2.45) is 11.1 Å². The van der Waals surface area contributed by atoms with Gasteiger partial charge in [-0.05, 0) is 37.0 Å². The molecule has 4 nitrogen and oxygen atoms in total. The van der Waals surface area contributed by atoms with E-state index in [2.05, 4.69) is 25.6 Å².